The zero-order valence-electron chi connectivity index (χ0n) is 7.68. The quantitative estimate of drug-likeness (QED) is 0.695. The third-order valence-electron chi connectivity index (χ3n) is 1.95. The summed E-state index contributed by atoms with van der Waals surface area (Å²) in [5.74, 6) is 0. The SMILES string of the molecule is CCCCCCc1cc(N)cs1. The molecule has 0 bridgehead atoms. The zero-order valence-corrected chi connectivity index (χ0v) is 8.49. The second-order valence-electron chi connectivity index (χ2n) is 3.16. The molecule has 0 radical (unpaired) electrons. The fourth-order valence-electron chi connectivity index (χ4n) is 1.25. The van der Waals surface area contributed by atoms with Crippen LogP contribution in [0.3, 0.4) is 0 Å². The van der Waals surface area contributed by atoms with Crippen molar-refractivity contribution in [2.45, 2.75) is 39.0 Å². The summed E-state index contributed by atoms with van der Waals surface area (Å²) < 4.78 is 0. The molecule has 1 aromatic heterocycles. The summed E-state index contributed by atoms with van der Waals surface area (Å²) in [6.07, 6.45) is 6.55. The summed E-state index contributed by atoms with van der Waals surface area (Å²) in [6.45, 7) is 2.24. The molecule has 2 heteroatoms. The van der Waals surface area contributed by atoms with Crippen LogP contribution in [-0.2, 0) is 6.42 Å². The van der Waals surface area contributed by atoms with Gasteiger partial charge in [0.15, 0.2) is 0 Å². The van der Waals surface area contributed by atoms with Gasteiger partial charge in [-0.25, -0.2) is 0 Å². The number of unbranched alkanes of at least 4 members (excludes halogenated alkanes) is 3. The summed E-state index contributed by atoms with van der Waals surface area (Å²) in [6, 6.07) is 2.09. The standard InChI is InChI=1S/C10H17NS/c1-2-3-4-5-6-10-7-9(11)8-12-10/h7-8H,2-6,11H2,1H3. The smallest absolute Gasteiger partial charge is 0.0425 e. The van der Waals surface area contributed by atoms with E-state index in [1.165, 1.54) is 37.0 Å². The molecule has 0 spiro atoms. The highest BCUT2D eigenvalue weighted by atomic mass is 32.1. The number of nitrogens with two attached hydrogens (primary N) is 1. The maximum absolute atomic E-state index is 5.62. The van der Waals surface area contributed by atoms with Gasteiger partial charge in [0.25, 0.3) is 0 Å². The van der Waals surface area contributed by atoms with E-state index < -0.39 is 0 Å². The van der Waals surface area contributed by atoms with Crippen LogP contribution < -0.4 is 5.73 Å². The van der Waals surface area contributed by atoms with Crippen molar-refractivity contribution in [1.29, 1.82) is 0 Å². The molecular formula is C10H17NS. The Balaban J connectivity index is 2.15. The van der Waals surface area contributed by atoms with Crippen molar-refractivity contribution < 1.29 is 0 Å². The average molecular weight is 183 g/mol. The van der Waals surface area contributed by atoms with E-state index in [1.54, 1.807) is 11.3 Å². The highest BCUT2D eigenvalue weighted by Gasteiger charge is 1.96. The molecule has 0 aliphatic heterocycles. The monoisotopic (exact) mass is 183 g/mol. The molecule has 0 saturated carbocycles. The molecule has 12 heavy (non-hydrogen) atoms. The number of hydrogen-bond acceptors (Lipinski definition) is 2. The molecule has 0 atom stereocenters. The first-order valence-corrected chi connectivity index (χ1v) is 5.53. The Labute approximate surface area is 78.6 Å². The zero-order chi connectivity index (χ0) is 8.81. The molecule has 2 N–H and O–H groups in total. The van der Waals surface area contributed by atoms with E-state index in [1.807, 2.05) is 5.38 Å². The Morgan fingerprint density at radius 3 is 2.75 bits per heavy atom. The molecular weight excluding hydrogens is 166 g/mol. The Bertz CT molecular complexity index is 217. The highest BCUT2D eigenvalue weighted by molar-refractivity contribution is 7.10. The van der Waals surface area contributed by atoms with E-state index in [2.05, 4.69) is 13.0 Å². The third-order valence-corrected chi connectivity index (χ3v) is 2.97. The fraction of sp³-hybridized carbons (Fsp3) is 0.600. The Kier molecular flexibility index (Phi) is 4.15. The van der Waals surface area contributed by atoms with Crippen LogP contribution >= 0.6 is 11.3 Å². The van der Waals surface area contributed by atoms with Gasteiger partial charge in [-0.3, -0.25) is 0 Å². The van der Waals surface area contributed by atoms with Gasteiger partial charge in [0.05, 0.1) is 0 Å². The van der Waals surface area contributed by atoms with Crippen molar-refractivity contribution in [3.8, 4) is 0 Å². The molecule has 0 amide bonds. The summed E-state index contributed by atoms with van der Waals surface area (Å²) in [5, 5.41) is 2.02. The van der Waals surface area contributed by atoms with Crippen LogP contribution in [0.25, 0.3) is 0 Å². The molecule has 1 aromatic rings. The van der Waals surface area contributed by atoms with Crippen LogP contribution in [0, 0.1) is 0 Å². The van der Waals surface area contributed by atoms with E-state index in [9.17, 15) is 0 Å². The molecule has 68 valence electrons. The van der Waals surface area contributed by atoms with Crippen LogP contribution in [-0.4, -0.2) is 0 Å². The normalized spacial score (nSPS) is 10.4. The number of nitrogen functional groups attached to an aromatic ring is 1. The first-order chi connectivity index (χ1) is 5.83. The number of thiophene rings is 1. The summed E-state index contributed by atoms with van der Waals surface area (Å²) in [5.41, 5.74) is 6.54. The van der Waals surface area contributed by atoms with Crippen molar-refractivity contribution in [1.82, 2.24) is 0 Å². The predicted octanol–water partition coefficient (Wildman–Crippen LogP) is 3.45. The van der Waals surface area contributed by atoms with E-state index >= 15 is 0 Å². The second kappa shape index (κ2) is 5.20. The lowest BCUT2D eigenvalue weighted by Gasteiger charge is -1.95. The van der Waals surface area contributed by atoms with Gasteiger partial charge in [-0.15, -0.1) is 11.3 Å². The molecule has 0 fully saturated rings. The number of rotatable bonds is 5. The van der Waals surface area contributed by atoms with Crippen molar-refractivity contribution in [2.75, 3.05) is 5.73 Å². The predicted molar refractivity (Wildman–Crippen MR) is 56.6 cm³/mol. The van der Waals surface area contributed by atoms with Crippen LogP contribution in [0.15, 0.2) is 11.4 Å². The van der Waals surface area contributed by atoms with Gasteiger partial charge >= 0.3 is 0 Å². The summed E-state index contributed by atoms with van der Waals surface area (Å²) in [4.78, 5) is 1.43. The van der Waals surface area contributed by atoms with E-state index in [0.717, 1.165) is 5.69 Å². The van der Waals surface area contributed by atoms with Gasteiger partial charge in [0, 0.05) is 15.9 Å². The minimum absolute atomic E-state index is 0.922. The van der Waals surface area contributed by atoms with Gasteiger partial charge in [0.1, 0.15) is 0 Å². The molecule has 0 saturated heterocycles. The number of aryl methyl sites for hydroxylation is 1. The van der Waals surface area contributed by atoms with Crippen LogP contribution in [0.4, 0.5) is 5.69 Å². The molecule has 1 heterocycles. The van der Waals surface area contributed by atoms with Gasteiger partial charge in [-0.05, 0) is 18.9 Å². The molecule has 0 unspecified atom stereocenters. The van der Waals surface area contributed by atoms with Gasteiger partial charge < -0.3 is 5.73 Å². The molecule has 0 aliphatic rings. The maximum atomic E-state index is 5.62. The molecule has 0 aliphatic carbocycles. The fourth-order valence-corrected chi connectivity index (χ4v) is 2.08. The van der Waals surface area contributed by atoms with E-state index in [4.69, 9.17) is 5.73 Å². The lowest BCUT2D eigenvalue weighted by Crippen LogP contribution is -1.82. The van der Waals surface area contributed by atoms with Crippen molar-refractivity contribution in [3.63, 3.8) is 0 Å². The topological polar surface area (TPSA) is 26.0 Å². The van der Waals surface area contributed by atoms with Crippen molar-refractivity contribution >= 4 is 17.0 Å². The van der Waals surface area contributed by atoms with Crippen molar-refractivity contribution in [2.24, 2.45) is 0 Å². The minimum atomic E-state index is 0.922. The van der Waals surface area contributed by atoms with Crippen LogP contribution in [0.5, 0.6) is 0 Å². The number of hydrogen-bond donors (Lipinski definition) is 1. The Morgan fingerprint density at radius 2 is 2.17 bits per heavy atom. The van der Waals surface area contributed by atoms with Crippen LogP contribution in [0.2, 0.25) is 0 Å². The maximum Gasteiger partial charge on any atom is 0.0425 e. The molecule has 1 nitrogen and oxygen atoms in total. The lowest BCUT2D eigenvalue weighted by atomic mass is 10.1. The third kappa shape index (κ3) is 3.26. The largest absolute Gasteiger partial charge is 0.398 e. The summed E-state index contributed by atoms with van der Waals surface area (Å²) in [7, 11) is 0. The first-order valence-electron chi connectivity index (χ1n) is 4.66. The van der Waals surface area contributed by atoms with Gasteiger partial charge in [-0.1, -0.05) is 26.2 Å². The average Bonchev–Trinajstić information content (AvgIpc) is 2.45. The number of anilines is 1. The lowest BCUT2D eigenvalue weighted by molar-refractivity contribution is 0.670. The van der Waals surface area contributed by atoms with Crippen molar-refractivity contribution in [3.05, 3.63) is 16.3 Å². The highest BCUT2D eigenvalue weighted by Crippen LogP contribution is 2.18. The Hall–Kier alpha value is -0.500. The van der Waals surface area contributed by atoms with E-state index in [0.29, 0.717) is 0 Å². The van der Waals surface area contributed by atoms with E-state index in [-0.39, 0.29) is 0 Å². The Morgan fingerprint density at radius 1 is 1.33 bits per heavy atom. The van der Waals surface area contributed by atoms with Crippen LogP contribution in [0.1, 0.15) is 37.5 Å². The first kappa shape index (κ1) is 9.59. The minimum Gasteiger partial charge on any atom is -0.398 e. The van der Waals surface area contributed by atoms with Gasteiger partial charge in [0.2, 0.25) is 0 Å². The molecule has 0 aromatic carbocycles. The molecule has 1 rings (SSSR count). The second-order valence-corrected chi connectivity index (χ2v) is 4.15. The summed E-state index contributed by atoms with van der Waals surface area (Å²) >= 11 is 1.78. The van der Waals surface area contributed by atoms with Gasteiger partial charge in [-0.2, -0.15) is 0 Å².